The average Bonchev–Trinajstić information content (AvgIpc) is 2.89. The third-order valence-electron chi connectivity index (χ3n) is 3.69. The number of carbonyl (C=O) groups excluding carboxylic acids is 2. The SMILES string of the molecule is CN(C)c1cccc(C(=O)NCCCN2CCCC2=O)c1. The van der Waals surface area contributed by atoms with E-state index >= 15 is 0 Å². The van der Waals surface area contributed by atoms with Crippen LogP contribution in [-0.2, 0) is 4.79 Å². The third-order valence-corrected chi connectivity index (χ3v) is 3.69. The minimum Gasteiger partial charge on any atom is -0.378 e. The zero-order valence-electron chi connectivity index (χ0n) is 12.8. The molecule has 1 fully saturated rings. The first kappa shape index (κ1) is 15.4. The fourth-order valence-electron chi connectivity index (χ4n) is 2.44. The van der Waals surface area contributed by atoms with Crippen LogP contribution in [0.15, 0.2) is 24.3 Å². The Morgan fingerprint density at radius 1 is 1.38 bits per heavy atom. The smallest absolute Gasteiger partial charge is 0.251 e. The van der Waals surface area contributed by atoms with E-state index in [9.17, 15) is 9.59 Å². The Labute approximate surface area is 125 Å². The second-order valence-electron chi connectivity index (χ2n) is 5.54. The molecule has 0 aromatic heterocycles. The Morgan fingerprint density at radius 3 is 2.86 bits per heavy atom. The van der Waals surface area contributed by atoms with E-state index in [1.807, 2.05) is 48.2 Å². The summed E-state index contributed by atoms with van der Waals surface area (Å²) >= 11 is 0. The zero-order chi connectivity index (χ0) is 15.2. The number of hydrogen-bond acceptors (Lipinski definition) is 3. The van der Waals surface area contributed by atoms with Crippen molar-refractivity contribution in [2.24, 2.45) is 0 Å². The van der Waals surface area contributed by atoms with Crippen LogP contribution in [0.25, 0.3) is 0 Å². The van der Waals surface area contributed by atoms with Gasteiger partial charge in [-0.1, -0.05) is 6.07 Å². The second kappa shape index (κ2) is 7.11. The quantitative estimate of drug-likeness (QED) is 0.807. The van der Waals surface area contributed by atoms with E-state index in [2.05, 4.69) is 5.32 Å². The molecular weight excluding hydrogens is 266 g/mol. The van der Waals surface area contributed by atoms with Crippen LogP contribution in [0.1, 0.15) is 29.6 Å². The van der Waals surface area contributed by atoms with Crippen molar-refractivity contribution >= 4 is 17.5 Å². The molecule has 0 saturated carbocycles. The molecule has 21 heavy (non-hydrogen) atoms. The monoisotopic (exact) mass is 289 g/mol. The standard InChI is InChI=1S/C16H23N3O2/c1-18(2)14-7-3-6-13(12-14)16(21)17-9-5-11-19-10-4-8-15(19)20/h3,6-7,12H,4-5,8-11H2,1-2H3,(H,17,21). The van der Waals surface area contributed by atoms with Gasteiger partial charge in [0.15, 0.2) is 0 Å². The van der Waals surface area contributed by atoms with Crippen molar-refractivity contribution in [1.29, 1.82) is 0 Å². The first-order chi connectivity index (χ1) is 10.1. The first-order valence-corrected chi connectivity index (χ1v) is 7.41. The van der Waals surface area contributed by atoms with Crippen molar-refractivity contribution in [3.63, 3.8) is 0 Å². The highest BCUT2D eigenvalue weighted by Crippen LogP contribution is 2.13. The van der Waals surface area contributed by atoms with Gasteiger partial charge in [0.05, 0.1) is 0 Å². The van der Waals surface area contributed by atoms with Crippen molar-refractivity contribution < 1.29 is 9.59 Å². The summed E-state index contributed by atoms with van der Waals surface area (Å²) in [4.78, 5) is 27.4. The number of amides is 2. The minimum absolute atomic E-state index is 0.0635. The number of nitrogens with zero attached hydrogens (tertiary/aromatic N) is 2. The van der Waals surface area contributed by atoms with Crippen molar-refractivity contribution in [3.05, 3.63) is 29.8 Å². The molecule has 0 atom stereocenters. The summed E-state index contributed by atoms with van der Waals surface area (Å²) in [6.45, 7) is 2.18. The van der Waals surface area contributed by atoms with Crippen LogP contribution in [-0.4, -0.2) is 50.4 Å². The molecule has 1 aliphatic heterocycles. The summed E-state index contributed by atoms with van der Waals surface area (Å²) in [6, 6.07) is 7.54. The summed E-state index contributed by atoms with van der Waals surface area (Å²) in [7, 11) is 3.90. The van der Waals surface area contributed by atoms with Gasteiger partial charge in [0.2, 0.25) is 5.91 Å². The fraction of sp³-hybridized carbons (Fsp3) is 0.500. The average molecular weight is 289 g/mol. The number of anilines is 1. The molecule has 2 rings (SSSR count). The van der Waals surface area contributed by atoms with Crippen LogP contribution in [0.2, 0.25) is 0 Å². The minimum atomic E-state index is -0.0635. The van der Waals surface area contributed by atoms with E-state index in [1.54, 1.807) is 0 Å². The first-order valence-electron chi connectivity index (χ1n) is 7.41. The summed E-state index contributed by atoms with van der Waals surface area (Å²) in [6.07, 6.45) is 2.43. The number of benzene rings is 1. The normalized spacial score (nSPS) is 14.4. The Hall–Kier alpha value is -2.04. The van der Waals surface area contributed by atoms with E-state index in [0.717, 1.165) is 31.6 Å². The molecule has 2 amide bonds. The number of likely N-dealkylation sites (tertiary alicyclic amines) is 1. The molecule has 5 nitrogen and oxygen atoms in total. The summed E-state index contributed by atoms with van der Waals surface area (Å²) < 4.78 is 0. The summed E-state index contributed by atoms with van der Waals surface area (Å²) in [5, 5.41) is 2.91. The molecule has 1 aromatic carbocycles. The fourth-order valence-corrected chi connectivity index (χ4v) is 2.44. The Morgan fingerprint density at radius 2 is 2.19 bits per heavy atom. The summed E-state index contributed by atoms with van der Waals surface area (Å²) in [5.41, 5.74) is 1.67. The van der Waals surface area contributed by atoms with Crippen LogP contribution in [0.4, 0.5) is 5.69 Å². The lowest BCUT2D eigenvalue weighted by Crippen LogP contribution is -2.30. The van der Waals surface area contributed by atoms with Crippen LogP contribution in [0.5, 0.6) is 0 Å². The number of carbonyl (C=O) groups is 2. The predicted octanol–water partition coefficient (Wildman–Crippen LogP) is 1.49. The lowest BCUT2D eigenvalue weighted by atomic mass is 10.2. The highest BCUT2D eigenvalue weighted by molar-refractivity contribution is 5.95. The van der Waals surface area contributed by atoms with Gasteiger partial charge >= 0.3 is 0 Å². The Bertz CT molecular complexity index is 514. The maximum absolute atomic E-state index is 12.1. The molecular formula is C16H23N3O2. The van der Waals surface area contributed by atoms with Gasteiger partial charge in [0.1, 0.15) is 0 Å². The largest absolute Gasteiger partial charge is 0.378 e. The van der Waals surface area contributed by atoms with Gasteiger partial charge in [-0.05, 0) is 31.0 Å². The molecule has 0 radical (unpaired) electrons. The maximum atomic E-state index is 12.1. The van der Waals surface area contributed by atoms with Gasteiger partial charge in [-0.2, -0.15) is 0 Å². The molecule has 1 aliphatic rings. The topological polar surface area (TPSA) is 52.7 Å². The number of rotatable bonds is 6. The molecule has 0 bridgehead atoms. The molecule has 114 valence electrons. The van der Waals surface area contributed by atoms with E-state index in [4.69, 9.17) is 0 Å². The van der Waals surface area contributed by atoms with Gasteiger partial charge in [0.25, 0.3) is 5.91 Å². The van der Waals surface area contributed by atoms with Crippen LogP contribution < -0.4 is 10.2 Å². The molecule has 0 unspecified atom stereocenters. The highest BCUT2D eigenvalue weighted by atomic mass is 16.2. The van der Waals surface area contributed by atoms with E-state index in [0.29, 0.717) is 18.5 Å². The van der Waals surface area contributed by atoms with Gasteiger partial charge in [-0.15, -0.1) is 0 Å². The number of hydrogen-bond donors (Lipinski definition) is 1. The zero-order valence-corrected chi connectivity index (χ0v) is 12.8. The third kappa shape index (κ3) is 4.21. The maximum Gasteiger partial charge on any atom is 0.251 e. The van der Waals surface area contributed by atoms with E-state index in [1.165, 1.54) is 0 Å². The molecule has 5 heteroatoms. The summed E-state index contributed by atoms with van der Waals surface area (Å²) in [5.74, 6) is 0.173. The van der Waals surface area contributed by atoms with Crippen molar-refractivity contribution in [1.82, 2.24) is 10.2 Å². The van der Waals surface area contributed by atoms with Crippen molar-refractivity contribution in [2.45, 2.75) is 19.3 Å². The predicted molar refractivity (Wildman–Crippen MR) is 83.5 cm³/mol. The van der Waals surface area contributed by atoms with Crippen LogP contribution >= 0.6 is 0 Å². The van der Waals surface area contributed by atoms with Gasteiger partial charge in [-0.3, -0.25) is 9.59 Å². The highest BCUT2D eigenvalue weighted by Gasteiger charge is 2.19. The van der Waals surface area contributed by atoms with Gasteiger partial charge in [0, 0.05) is 51.4 Å². The Kier molecular flexibility index (Phi) is 5.20. The second-order valence-corrected chi connectivity index (χ2v) is 5.54. The van der Waals surface area contributed by atoms with Gasteiger partial charge < -0.3 is 15.1 Å². The number of nitrogens with one attached hydrogen (secondary N) is 1. The lowest BCUT2D eigenvalue weighted by molar-refractivity contribution is -0.127. The van der Waals surface area contributed by atoms with E-state index < -0.39 is 0 Å². The van der Waals surface area contributed by atoms with Crippen molar-refractivity contribution in [3.8, 4) is 0 Å². The molecule has 1 aromatic rings. The van der Waals surface area contributed by atoms with Gasteiger partial charge in [-0.25, -0.2) is 0 Å². The lowest BCUT2D eigenvalue weighted by Gasteiger charge is -2.16. The molecule has 0 spiro atoms. The van der Waals surface area contributed by atoms with E-state index in [-0.39, 0.29) is 11.8 Å². The molecule has 0 aliphatic carbocycles. The Balaban J connectivity index is 1.76. The van der Waals surface area contributed by atoms with Crippen LogP contribution in [0, 0.1) is 0 Å². The molecule has 1 heterocycles. The van der Waals surface area contributed by atoms with Crippen LogP contribution in [0.3, 0.4) is 0 Å². The molecule has 1 saturated heterocycles. The molecule has 1 N–H and O–H groups in total. The van der Waals surface area contributed by atoms with Crippen molar-refractivity contribution in [2.75, 3.05) is 38.6 Å².